The third-order valence-corrected chi connectivity index (χ3v) is 3.83. The van der Waals surface area contributed by atoms with Crippen molar-refractivity contribution in [3.8, 4) is 0 Å². The maximum atomic E-state index is 2.35. The predicted octanol–water partition coefficient (Wildman–Crippen LogP) is -0.127. The van der Waals surface area contributed by atoms with Gasteiger partial charge in [0.2, 0.25) is 0 Å². The Morgan fingerprint density at radius 1 is 1.17 bits per heavy atom. The van der Waals surface area contributed by atoms with Crippen LogP contribution in [-0.4, -0.2) is 4.93 Å². The molecule has 12 heavy (non-hydrogen) atoms. The topological polar surface area (TPSA) is 0 Å². The summed E-state index contributed by atoms with van der Waals surface area (Å²) in [6, 6.07) is 9.00. The fourth-order valence-electron chi connectivity index (χ4n) is 1.07. The van der Waals surface area contributed by atoms with Gasteiger partial charge in [-0.25, -0.2) is 0 Å². The molecule has 0 saturated heterocycles. The second-order valence-corrected chi connectivity index (χ2v) is 6.27. The van der Waals surface area contributed by atoms with Gasteiger partial charge >= 0.3 is 85.7 Å². The summed E-state index contributed by atoms with van der Waals surface area (Å²) in [5.74, 6) is 0. The van der Waals surface area contributed by atoms with Gasteiger partial charge in [-0.2, -0.15) is 0 Å². The van der Waals surface area contributed by atoms with Crippen LogP contribution in [0.1, 0.15) is 26.3 Å². The van der Waals surface area contributed by atoms with Crippen LogP contribution in [0, 0.1) is 3.57 Å². The van der Waals surface area contributed by atoms with Crippen molar-refractivity contribution in [3.05, 3.63) is 33.4 Å². The molecule has 0 unspecified atom stereocenters. The third-order valence-electron chi connectivity index (χ3n) is 1.91. The van der Waals surface area contributed by atoms with Gasteiger partial charge in [-0.15, -0.1) is 0 Å². The van der Waals surface area contributed by atoms with Crippen molar-refractivity contribution < 1.29 is 21.2 Å². The first-order valence-electron chi connectivity index (χ1n) is 4.14. The van der Waals surface area contributed by atoms with E-state index in [-0.39, 0.29) is 21.2 Å². The van der Waals surface area contributed by atoms with Gasteiger partial charge in [0.25, 0.3) is 0 Å². The molecule has 1 rings (SSSR count). The summed E-state index contributed by atoms with van der Waals surface area (Å²) in [5.41, 5.74) is 1.76. The Balaban J connectivity index is 3.02. The number of rotatable bonds is 1. The molecule has 0 aliphatic rings. The molecule has 0 fully saturated rings. The van der Waals surface area contributed by atoms with E-state index in [0.29, 0.717) is 5.41 Å². The number of hydrogen-bond acceptors (Lipinski definition) is 0. The molecule has 68 valence electrons. The summed E-state index contributed by atoms with van der Waals surface area (Å²) in [6.07, 6.45) is 0. The molecule has 0 saturated carbocycles. The second kappa shape index (κ2) is 3.77. The van der Waals surface area contributed by atoms with Gasteiger partial charge in [0, 0.05) is 0 Å². The molecule has 1 aromatic rings. The Bertz CT molecular complexity index is 258. The Morgan fingerprint density at radius 3 is 2.33 bits per heavy atom. The fourth-order valence-corrected chi connectivity index (χ4v) is 2.29. The maximum absolute atomic E-state index is 2.35. The van der Waals surface area contributed by atoms with Crippen molar-refractivity contribution in [2.75, 3.05) is 4.93 Å². The van der Waals surface area contributed by atoms with E-state index in [1.54, 1.807) is 3.57 Å². The van der Waals surface area contributed by atoms with Crippen LogP contribution in [0.2, 0.25) is 0 Å². The van der Waals surface area contributed by atoms with Gasteiger partial charge in [0.05, 0.1) is 0 Å². The average molecular weight is 275 g/mol. The Hall–Kier alpha value is -0.0500. The molecule has 0 atom stereocenters. The van der Waals surface area contributed by atoms with Crippen molar-refractivity contribution in [1.29, 1.82) is 0 Å². The zero-order valence-electron chi connectivity index (χ0n) is 8.19. The van der Waals surface area contributed by atoms with Gasteiger partial charge in [-0.3, -0.25) is 0 Å². The van der Waals surface area contributed by atoms with Crippen LogP contribution in [0.3, 0.4) is 0 Å². The van der Waals surface area contributed by atoms with Gasteiger partial charge in [0.1, 0.15) is 0 Å². The van der Waals surface area contributed by atoms with Crippen molar-refractivity contribution in [2.45, 2.75) is 26.2 Å². The van der Waals surface area contributed by atoms with Crippen molar-refractivity contribution in [1.82, 2.24) is 0 Å². The van der Waals surface area contributed by atoms with Crippen LogP contribution in [-0.2, 0) is 5.41 Å². The molecule has 1 heteroatoms. The SMILES string of the molecule is C[I-]c1cccc(C(C)(C)C)c1. The third kappa shape index (κ3) is 2.47. The molecule has 0 heterocycles. The van der Waals surface area contributed by atoms with E-state index in [1.807, 2.05) is 0 Å². The van der Waals surface area contributed by atoms with E-state index in [4.69, 9.17) is 0 Å². The molecule has 0 N–H and O–H groups in total. The molecule has 1 aromatic carbocycles. The van der Waals surface area contributed by atoms with E-state index >= 15 is 0 Å². The van der Waals surface area contributed by atoms with E-state index in [2.05, 4.69) is 50.0 Å². The average Bonchev–Trinajstić information content (AvgIpc) is 2.03. The summed E-state index contributed by atoms with van der Waals surface area (Å²) in [4.78, 5) is 2.31. The quantitative estimate of drug-likeness (QED) is 0.495. The fraction of sp³-hybridized carbons (Fsp3) is 0.455. The molecule has 0 amide bonds. The van der Waals surface area contributed by atoms with Gasteiger partial charge in [-0.05, 0) is 0 Å². The molecule has 0 nitrogen and oxygen atoms in total. The molecule has 0 spiro atoms. The summed E-state index contributed by atoms with van der Waals surface area (Å²) in [6.45, 7) is 6.79. The zero-order valence-corrected chi connectivity index (χ0v) is 10.3. The van der Waals surface area contributed by atoms with Crippen LogP contribution in [0.25, 0.3) is 0 Å². The second-order valence-electron chi connectivity index (χ2n) is 3.95. The van der Waals surface area contributed by atoms with E-state index in [9.17, 15) is 0 Å². The number of hydrogen-bond donors (Lipinski definition) is 0. The molecule has 0 bridgehead atoms. The molecule has 0 aromatic heterocycles. The standard InChI is InChI=1S/C11H16I/c1-11(2,3)9-6-5-7-10(8-9)12-4/h5-8H,1-4H3/q-1. The molecule has 0 aliphatic carbocycles. The summed E-state index contributed by atoms with van der Waals surface area (Å²) in [5, 5.41) is 0. The van der Waals surface area contributed by atoms with E-state index in [1.165, 1.54) is 5.56 Å². The monoisotopic (exact) mass is 275 g/mol. The van der Waals surface area contributed by atoms with Gasteiger partial charge < -0.3 is 0 Å². The normalized spacial score (nSPS) is 12.0. The predicted molar refractivity (Wildman–Crippen MR) is 49.8 cm³/mol. The zero-order chi connectivity index (χ0) is 9.19. The molecule has 0 aliphatic heterocycles. The van der Waals surface area contributed by atoms with Crippen LogP contribution in [0.5, 0.6) is 0 Å². The van der Waals surface area contributed by atoms with Gasteiger partial charge in [-0.1, -0.05) is 0 Å². The molecule has 0 radical (unpaired) electrons. The van der Waals surface area contributed by atoms with Crippen LogP contribution in [0.15, 0.2) is 24.3 Å². The van der Waals surface area contributed by atoms with Crippen LogP contribution >= 0.6 is 0 Å². The summed E-state index contributed by atoms with van der Waals surface area (Å²) >= 11 is 0.244. The summed E-state index contributed by atoms with van der Waals surface area (Å²) < 4.78 is 1.54. The Kier molecular flexibility index (Phi) is 3.16. The minimum absolute atomic E-state index is 0.244. The van der Waals surface area contributed by atoms with Gasteiger partial charge in [0.15, 0.2) is 0 Å². The summed E-state index contributed by atoms with van der Waals surface area (Å²) in [7, 11) is 0. The molecular formula is C11H16I-. The number of halogens is 1. The van der Waals surface area contributed by atoms with Crippen molar-refractivity contribution >= 4 is 0 Å². The Labute approximate surface area is 85.6 Å². The van der Waals surface area contributed by atoms with E-state index < -0.39 is 0 Å². The molecular weight excluding hydrogens is 259 g/mol. The number of alkyl halides is 1. The van der Waals surface area contributed by atoms with Crippen LogP contribution in [0.4, 0.5) is 0 Å². The van der Waals surface area contributed by atoms with Crippen molar-refractivity contribution in [3.63, 3.8) is 0 Å². The minimum atomic E-state index is 0.244. The van der Waals surface area contributed by atoms with Crippen molar-refractivity contribution in [2.24, 2.45) is 0 Å². The first-order valence-corrected chi connectivity index (χ1v) is 7.37. The van der Waals surface area contributed by atoms with E-state index in [0.717, 1.165) is 0 Å². The first-order chi connectivity index (χ1) is 5.54. The Morgan fingerprint density at radius 2 is 1.83 bits per heavy atom. The first kappa shape index (κ1) is 10.0. The number of benzene rings is 1. The van der Waals surface area contributed by atoms with Crippen LogP contribution < -0.4 is 21.2 Å².